The number of carbonyl (C=O) groups excluding carboxylic acids is 1. The first-order valence-corrected chi connectivity index (χ1v) is 9.75. The normalized spacial score (nSPS) is 24.9. The molecule has 2 heterocycles. The van der Waals surface area contributed by atoms with Gasteiger partial charge >= 0.3 is 0 Å². The maximum absolute atomic E-state index is 13.1. The van der Waals surface area contributed by atoms with E-state index in [-0.39, 0.29) is 18.8 Å². The Balaban J connectivity index is 1.55. The molecule has 1 amide bonds. The van der Waals surface area contributed by atoms with Crippen molar-refractivity contribution >= 4 is 5.91 Å². The van der Waals surface area contributed by atoms with Crippen LogP contribution >= 0.6 is 0 Å². The summed E-state index contributed by atoms with van der Waals surface area (Å²) in [6.07, 6.45) is 0.526. The monoisotopic (exact) mass is 381 g/mol. The summed E-state index contributed by atoms with van der Waals surface area (Å²) in [4.78, 5) is 15.0. The molecular formula is C23H27NO4. The van der Waals surface area contributed by atoms with Crippen molar-refractivity contribution < 1.29 is 19.4 Å². The van der Waals surface area contributed by atoms with E-state index in [1.54, 1.807) is 19.9 Å². The lowest BCUT2D eigenvalue weighted by molar-refractivity contribution is -0.0439. The fraction of sp³-hybridized carbons (Fsp3) is 0.435. The van der Waals surface area contributed by atoms with Crippen LogP contribution in [0.25, 0.3) is 0 Å². The highest BCUT2D eigenvalue weighted by Crippen LogP contribution is 2.42. The fourth-order valence-corrected chi connectivity index (χ4v) is 4.46. The van der Waals surface area contributed by atoms with E-state index in [9.17, 15) is 9.90 Å². The van der Waals surface area contributed by atoms with Gasteiger partial charge in [0.1, 0.15) is 18.5 Å². The number of hydrogen-bond acceptors (Lipinski definition) is 4. The number of carbonyl (C=O) groups is 1. The third-order valence-electron chi connectivity index (χ3n) is 5.93. The van der Waals surface area contributed by atoms with E-state index >= 15 is 0 Å². The summed E-state index contributed by atoms with van der Waals surface area (Å²) in [5, 5.41) is 10.3. The van der Waals surface area contributed by atoms with Gasteiger partial charge in [-0.2, -0.15) is 0 Å². The second-order valence-corrected chi connectivity index (χ2v) is 8.26. The Labute approximate surface area is 165 Å². The average molecular weight is 381 g/mol. The van der Waals surface area contributed by atoms with E-state index in [0.29, 0.717) is 25.1 Å². The van der Waals surface area contributed by atoms with Crippen molar-refractivity contribution in [3.05, 3.63) is 70.8 Å². The summed E-state index contributed by atoms with van der Waals surface area (Å²) in [5.74, 6) is -0.0115. The molecule has 2 atom stereocenters. The summed E-state index contributed by atoms with van der Waals surface area (Å²) in [6, 6.07) is 15.6. The van der Waals surface area contributed by atoms with Gasteiger partial charge in [-0.05, 0) is 49.6 Å². The molecule has 148 valence electrons. The number of fused-ring (bicyclic) bond motifs is 1. The van der Waals surface area contributed by atoms with Crippen molar-refractivity contribution in [2.45, 2.75) is 44.5 Å². The molecule has 0 aromatic heterocycles. The third-order valence-corrected chi connectivity index (χ3v) is 5.93. The van der Waals surface area contributed by atoms with Gasteiger partial charge in [0.05, 0.1) is 12.1 Å². The van der Waals surface area contributed by atoms with Gasteiger partial charge in [0, 0.05) is 18.5 Å². The van der Waals surface area contributed by atoms with E-state index in [1.807, 2.05) is 42.2 Å². The molecule has 2 aromatic rings. The van der Waals surface area contributed by atoms with Crippen LogP contribution in [0.1, 0.15) is 47.3 Å². The number of likely N-dealkylation sites (tertiary alicyclic amines) is 1. The van der Waals surface area contributed by atoms with Gasteiger partial charge in [-0.15, -0.1) is 0 Å². The van der Waals surface area contributed by atoms with Crippen molar-refractivity contribution in [2.24, 2.45) is 0 Å². The zero-order valence-electron chi connectivity index (χ0n) is 16.6. The van der Waals surface area contributed by atoms with Crippen LogP contribution in [0.3, 0.4) is 0 Å². The molecule has 2 aromatic carbocycles. The number of amides is 1. The first-order valence-electron chi connectivity index (χ1n) is 9.75. The first kappa shape index (κ1) is 19.1. The van der Waals surface area contributed by atoms with Crippen molar-refractivity contribution in [1.82, 2.24) is 4.90 Å². The van der Waals surface area contributed by atoms with Gasteiger partial charge in [-0.25, -0.2) is 0 Å². The van der Waals surface area contributed by atoms with E-state index in [2.05, 4.69) is 12.1 Å². The van der Waals surface area contributed by atoms with E-state index in [4.69, 9.17) is 9.47 Å². The zero-order chi connectivity index (χ0) is 19.9. The molecule has 5 nitrogen and oxygen atoms in total. The Morgan fingerprint density at radius 2 is 1.96 bits per heavy atom. The average Bonchev–Trinajstić information content (AvgIpc) is 3.11. The van der Waals surface area contributed by atoms with Crippen LogP contribution in [0.4, 0.5) is 0 Å². The first-order chi connectivity index (χ1) is 13.3. The van der Waals surface area contributed by atoms with Gasteiger partial charge < -0.3 is 19.5 Å². The molecule has 0 bridgehead atoms. The quantitative estimate of drug-likeness (QED) is 0.886. The van der Waals surface area contributed by atoms with Crippen LogP contribution < -0.4 is 0 Å². The Kier molecular flexibility index (Phi) is 4.78. The van der Waals surface area contributed by atoms with Crippen LogP contribution in [-0.4, -0.2) is 41.9 Å². The van der Waals surface area contributed by atoms with Gasteiger partial charge in [0.2, 0.25) is 0 Å². The lowest BCUT2D eigenvalue weighted by Crippen LogP contribution is -2.53. The minimum absolute atomic E-state index is 0.0115. The molecule has 2 unspecified atom stereocenters. The summed E-state index contributed by atoms with van der Waals surface area (Å²) in [5.41, 5.74) is 2.08. The van der Waals surface area contributed by atoms with Crippen LogP contribution in [0.15, 0.2) is 48.5 Å². The largest absolute Gasteiger partial charge is 0.386 e. The summed E-state index contributed by atoms with van der Waals surface area (Å²) in [7, 11) is 0. The maximum Gasteiger partial charge on any atom is 0.253 e. The Morgan fingerprint density at radius 1 is 1.21 bits per heavy atom. The molecule has 2 saturated heterocycles. The molecule has 28 heavy (non-hydrogen) atoms. The molecular weight excluding hydrogens is 354 g/mol. The number of piperidine rings is 1. The molecule has 4 rings (SSSR count). The van der Waals surface area contributed by atoms with Crippen molar-refractivity contribution in [3.63, 3.8) is 0 Å². The topological polar surface area (TPSA) is 59.0 Å². The maximum atomic E-state index is 13.1. The number of ether oxygens (including phenoxy) is 2. The van der Waals surface area contributed by atoms with Crippen LogP contribution in [0.2, 0.25) is 0 Å². The lowest BCUT2D eigenvalue weighted by atomic mass is 9.82. The van der Waals surface area contributed by atoms with E-state index < -0.39 is 11.2 Å². The summed E-state index contributed by atoms with van der Waals surface area (Å²) >= 11 is 0. The Hall–Kier alpha value is -2.21. The van der Waals surface area contributed by atoms with E-state index in [0.717, 1.165) is 16.7 Å². The highest BCUT2D eigenvalue weighted by Gasteiger charge is 2.51. The third kappa shape index (κ3) is 3.24. The predicted octanol–water partition coefficient (Wildman–Crippen LogP) is 3.34. The SMILES string of the molecule is Cc1cc(C(=O)N2CCC3(c4ccccc4)OCOC3C2)ccc1C(C)(C)O. The molecule has 1 N–H and O–H groups in total. The van der Waals surface area contributed by atoms with Gasteiger partial charge in [-0.3, -0.25) is 4.79 Å². The lowest BCUT2D eigenvalue weighted by Gasteiger charge is -2.42. The summed E-state index contributed by atoms with van der Waals surface area (Å²) in [6.45, 7) is 6.79. The predicted molar refractivity (Wildman–Crippen MR) is 106 cm³/mol. The standard InChI is InChI=1S/C23H27NO4/c1-16-13-17(9-10-19(16)22(2,3)26)21(25)24-12-11-23(18-7-5-4-6-8-18)20(14-24)27-15-28-23/h4-10,13,20,26H,11-12,14-15H2,1-3H3. The number of hydrogen-bond donors (Lipinski definition) is 1. The molecule has 2 aliphatic rings. The highest BCUT2D eigenvalue weighted by atomic mass is 16.7. The molecule has 5 heteroatoms. The van der Waals surface area contributed by atoms with E-state index in [1.165, 1.54) is 0 Å². The number of aliphatic hydroxyl groups is 1. The number of nitrogens with zero attached hydrogens (tertiary/aromatic N) is 1. The molecule has 2 aliphatic heterocycles. The molecule has 0 aliphatic carbocycles. The second-order valence-electron chi connectivity index (χ2n) is 8.26. The Morgan fingerprint density at radius 3 is 2.64 bits per heavy atom. The smallest absolute Gasteiger partial charge is 0.253 e. The van der Waals surface area contributed by atoms with Crippen LogP contribution in [-0.2, 0) is 20.7 Å². The van der Waals surface area contributed by atoms with Gasteiger partial charge in [0.15, 0.2) is 0 Å². The van der Waals surface area contributed by atoms with Crippen molar-refractivity contribution in [3.8, 4) is 0 Å². The zero-order valence-corrected chi connectivity index (χ0v) is 16.6. The number of aryl methyl sites for hydroxylation is 1. The van der Waals surface area contributed by atoms with Crippen molar-refractivity contribution in [2.75, 3.05) is 19.9 Å². The molecule has 0 spiro atoms. The van der Waals surface area contributed by atoms with Gasteiger partial charge in [0.25, 0.3) is 5.91 Å². The van der Waals surface area contributed by atoms with Crippen LogP contribution in [0.5, 0.6) is 0 Å². The summed E-state index contributed by atoms with van der Waals surface area (Å²) < 4.78 is 11.9. The van der Waals surface area contributed by atoms with Gasteiger partial charge in [-0.1, -0.05) is 36.4 Å². The van der Waals surface area contributed by atoms with Crippen molar-refractivity contribution in [1.29, 1.82) is 0 Å². The Bertz CT molecular complexity index is 874. The minimum atomic E-state index is -0.929. The molecule has 2 fully saturated rings. The van der Waals surface area contributed by atoms with Crippen LogP contribution in [0, 0.1) is 6.92 Å². The number of rotatable bonds is 3. The minimum Gasteiger partial charge on any atom is -0.386 e. The fourth-order valence-electron chi connectivity index (χ4n) is 4.46. The molecule has 0 saturated carbocycles. The second kappa shape index (κ2) is 6.99. The highest BCUT2D eigenvalue weighted by molar-refractivity contribution is 5.94. The molecule has 0 radical (unpaired) electrons. The number of benzene rings is 2.